The highest BCUT2D eigenvalue weighted by Crippen LogP contribution is 2.26. The van der Waals surface area contributed by atoms with Crippen LogP contribution in [-0.4, -0.2) is 24.6 Å². The molecular weight excluding hydrogens is 296 g/mol. The summed E-state index contributed by atoms with van der Waals surface area (Å²) in [6, 6.07) is 12.3. The van der Waals surface area contributed by atoms with E-state index in [-0.39, 0.29) is 4.90 Å². The Labute approximate surface area is 121 Å². The third kappa shape index (κ3) is 2.30. The highest BCUT2D eigenvalue weighted by atomic mass is 35.5. The minimum atomic E-state index is -3.31. The van der Waals surface area contributed by atoms with Crippen LogP contribution in [0.25, 0.3) is 22.4 Å². The molecular formula is C14H11ClN2O2S. The molecule has 0 spiro atoms. The van der Waals surface area contributed by atoms with Gasteiger partial charge in [-0.05, 0) is 36.4 Å². The molecule has 2 aromatic carbocycles. The van der Waals surface area contributed by atoms with Crippen molar-refractivity contribution in [2.45, 2.75) is 4.90 Å². The Bertz CT molecular complexity index is 883. The lowest BCUT2D eigenvalue weighted by Gasteiger charge is -1.97. The van der Waals surface area contributed by atoms with E-state index in [0.29, 0.717) is 21.9 Å². The van der Waals surface area contributed by atoms with E-state index in [4.69, 9.17) is 11.6 Å². The van der Waals surface area contributed by atoms with E-state index in [1.54, 1.807) is 30.3 Å². The van der Waals surface area contributed by atoms with Gasteiger partial charge in [-0.3, -0.25) is 0 Å². The zero-order valence-electron chi connectivity index (χ0n) is 10.6. The predicted octanol–water partition coefficient (Wildman–Crippen LogP) is 3.29. The van der Waals surface area contributed by atoms with E-state index < -0.39 is 9.84 Å². The van der Waals surface area contributed by atoms with Crippen molar-refractivity contribution in [2.24, 2.45) is 0 Å². The molecule has 102 valence electrons. The van der Waals surface area contributed by atoms with E-state index in [0.717, 1.165) is 5.56 Å². The first kappa shape index (κ1) is 13.1. The predicted molar refractivity (Wildman–Crippen MR) is 79.6 cm³/mol. The summed E-state index contributed by atoms with van der Waals surface area (Å²) in [7, 11) is -3.31. The topological polar surface area (TPSA) is 62.8 Å². The number of aromatic nitrogens is 2. The SMILES string of the molecule is CS(=O)(=O)c1cccc2[nH]c(-c3ccc(Cl)cc3)nc12. The average Bonchev–Trinajstić information content (AvgIpc) is 2.81. The number of rotatable bonds is 2. The maximum atomic E-state index is 11.8. The molecule has 0 aliphatic carbocycles. The molecule has 1 heterocycles. The summed E-state index contributed by atoms with van der Waals surface area (Å²) in [6.07, 6.45) is 1.18. The molecule has 0 saturated heterocycles. The van der Waals surface area contributed by atoms with Gasteiger partial charge in [-0.1, -0.05) is 17.7 Å². The fraction of sp³-hybridized carbons (Fsp3) is 0.0714. The van der Waals surface area contributed by atoms with Crippen LogP contribution in [0.2, 0.25) is 5.02 Å². The zero-order chi connectivity index (χ0) is 14.3. The van der Waals surface area contributed by atoms with Crippen molar-refractivity contribution >= 4 is 32.5 Å². The number of hydrogen-bond donors (Lipinski definition) is 1. The first-order valence-electron chi connectivity index (χ1n) is 5.90. The van der Waals surface area contributed by atoms with Gasteiger partial charge in [0.15, 0.2) is 9.84 Å². The lowest BCUT2D eigenvalue weighted by Crippen LogP contribution is -1.97. The van der Waals surface area contributed by atoms with Gasteiger partial charge in [0.25, 0.3) is 0 Å². The quantitative estimate of drug-likeness (QED) is 0.790. The number of fused-ring (bicyclic) bond motifs is 1. The van der Waals surface area contributed by atoms with Gasteiger partial charge in [0.2, 0.25) is 0 Å². The molecule has 3 rings (SSSR count). The summed E-state index contributed by atoms with van der Waals surface area (Å²) in [5, 5.41) is 0.640. The van der Waals surface area contributed by atoms with Gasteiger partial charge in [0.1, 0.15) is 11.3 Å². The third-order valence-corrected chi connectivity index (χ3v) is 4.37. The van der Waals surface area contributed by atoms with Crippen molar-refractivity contribution < 1.29 is 8.42 Å². The number of nitrogens with zero attached hydrogens (tertiary/aromatic N) is 1. The van der Waals surface area contributed by atoms with Gasteiger partial charge < -0.3 is 4.98 Å². The van der Waals surface area contributed by atoms with Crippen LogP contribution in [0.5, 0.6) is 0 Å². The molecule has 0 unspecified atom stereocenters. The number of benzene rings is 2. The first-order valence-corrected chi connectivity index (χ1v) is 8.17. The standard InChI is InChI=1S/C14H11ClN2O2S/c1-20(18,19)12-4-2-3-11-13(12)17-14(16-11)9-5-7-10(15)8-6-9/h2-8H,1H3,(H,16,17). The van der Waals surface area contributed by atoms with Gasteiger partial charge in [0, 0.05) is 16.8 Å². The van der Waals surface area contributed by atoms with Crippen LogP contribution in [0.15, 0.2) is 47.4 Å². The molecule has 0 radical (unpaired) electrons. The van der Waals surface area contributed by atoms with Crippen molar-refractivity contribution in [3.05, 3.63) is 47.5 Å². The van der Waals surface area contributed by atoms with Crippen LogP contribution in [-0.2, 0) is 9.84 Å². The molecule has 0 saturated carbocycles. The van der Waals surface area contributed by atoms with E-state index >= 15 is 0 Å². The van der Waals surface area contributed by atoms with Crippen LogP contribution >= 0.6 is 11.6 Å². The number of H-pyrrole nitrogens is 1. The normalized spacial score (nSPS) is 11.9. The van der Waals surface area contributed by atoms with E-state index in [1.165, 1.54) is 6.26 Å². The van der Waals surface area contributed by atoms with E-state index in [9.17, 15) is 8.42 Å². The van der Waals surface area contributed by atoms with Crippen LogP contribution in [0, 0.1) is 0 Å². The second-order valence-corrected chi connectivity index (χ2v) is 6.94. The molecule has 0 amide bonds. The Balaban J connectivity index is 2.23. The molecule has 3 aromatic rings. The second kappa shape index (κ2) is 4.61. The number of aromatic amines is 1. The minimum absolute atomic E-state index is 0.228. The average molecular weight is 307 g/mol. The maximum absolute atomic E-state index is 11.8. The van der Waals surface area contributed by atoms with Crippen LogP contribution in [0.3, 0.4) is 0 Å². The molecule has 0 aliphatic heterocycles. The Kier molecular flexibility index (Phi) is 3.03. The molecule has 1 N–H and O–H groups in total. The monoisotopic (exact) mass is 306 g/mol. The lowest BCUT2D eigenvalue weighted by molar-refractivity contribution is 0.602. The Morgan fingerprint density at radius 3 is 2.45 bits per heavy atom. The van der Waals surface area contributed by atoms with Gasteiger partial charge in [0.05, 0.1) is 10.4 Å². The zero-order valence-corrected chi connectivity index (χ0v) is 12.2. The van der Waals surface area contributed by atoms with Gasteiger partial charge in [-0.2, -0.15) is 0 Å². The summed E-state index contributed by atoms with van der Waals surface area (Å²) in [5.74, 6) is 0.618. The number of para-hydroxylation sites is 1. The molecule has 0 aliphatic rings. The van der Waals surface area contributed by atoms with E-state index in [1.807, 2.05) is 12.1 Å². The summed E-state index contributed by atoms with van der Waals surface area (Å²) in [6.45, 7) is 0. The Morgan fingerprint density at radius 2 is 1.80 bits per heavy atom. The largest absolute Gasteiger partial charge is 0.338 e. The Hall–Kier alpha value is -1.85. The minimum Gasteiger partial charge on any atom is -0.338 e. The van der Waals surface area contributed by atoms with Gasteiger partial charge in [-0.25, -0.2) is 13.4 Å². The van der Waals surface area contributed by atoms with Crippen LogP contribution < -0.4 is 0 Å². The van der Waals surface area contributed by atoms with Crippen LogP contribution in [0.4, 0.5) is 0 Å². The van der Waals surface area contributed by atoms with Crippen molar-refractivity contribution in [2.75, 3.05) is 6.26 Å². The van der Waals surface area contributed by atoms with Crippen molar-refractivity contribution in [1.29, 1.82) is 0 Å². The number of sulfone groups is 1. The van der Waals surface area contributed by atoms with Gasteiger partial charge >= 0.3 is 0 Å². The highest BCUT2D eigenvalue weighted by Gasteiger charge is 2.15. The van der Waals surface area contributed by atoms with Crippen molar-refractivity contribution in [3.63, 3.8) is 0 Å². The van der Waals surface area contributed by atoms with Crippen molar-refractivity contribution in [1.82, 2.24) is 9.97 Å². The lowest BCUT2D eigenvalue weighted by atomic mass is 10.2. The maximum Gasteiger partial charge on any atom is 0.177 e. The highest BCUT2D eigenvalue weighted by molar-refractivity contribution is 7.91. The Morgan fingerprint density at radius 1 is 1.10 bits per heavy atom. The number of imidazole rings is 1. The van der Waals surface area contributed by atoms with E-state index in [2.05, 4.69) is 9.97 Å². The molecule has 4 nitrogen and oxygen atoms in total. The summed E-state index contributed by atoms with van der Waals surface area (Å²) >= 11 is 5.85. The second-order valence-electron chi connectivity index (χ2n) is 4.52. The molecule has 0 bridgehead atoms. The third-order valence-electron chi connectivity index (χ3n) is 2.99. The van der Waals surface area contributed by atoms with Crippen LogP contribution in [0.1, 0.15) is 0 Å². The molecule has 1 aromatic heterocycles. The fourth-order valence-electron chi connectivity index (χ4n) is 2.05. The smallest absolute Gasteiger partial charge is 0.177 e. The number of halogens is 1. The summed E-state index contributed by atoms with van der Waals surface area (Å²) in [5.41, 5.74) is 2.00. The van der Waals surface area contributed by atoms with Gasteiger partial charge in [-0.15, -0.1) is 0 Å². The number of nitrogens with one attached hydrogen (secondary N) is 1. The molecule has 6 heteroatoms. The summed E-state index contributed by atoms with van der Waals surface area (Å²) < 4.78 is 23.5. The fourth-order valence-corrected chi connectivity index (χ4v) is 3.01. The first-order chi connectivity index (χ1) is 9.45. The molecule has 20 heavy (non-hydrogen) atoms. The van der Waals surface area contributed by atoms with Crippen molar-refractivity contribution in [3.8, 4) is 11.4 Å². The summed E-state index contributed by atoms with van der Waals surface area (Å²) in [4.78, 5) is 7.75. The molecule has 0 fully saturated rings. The number of hydrogen-bond acceptors (Lipinski definition) is 3. The molecule has 0 atom stereocenters.